The summed E-state index contributed by atoms with van der Waals surface area (Å²) in [6.45, 7) is 0. The first-order valence-corrected chi connectivity index (χ1v) is 12.4. The molecule has 0 spiro atoms. The van der Waals surface area contributed by atoms with Crippen molar-refractivity contribution in [1.82, 2.24) is 10.2 Å². The molecule has 11 heteroatoms. The summed E-state index contributed by atoms with van der Waals surface area (Å²) in [5.41, 5.74) is 2.20. The summed E-state index contributed by atoms with van der Waals surface area (Å²) in [6.07, 6.45) is -4.51. The molecule has 2 heterocycles. The van der Waals surface area contributed by atoms with Crippen LogP contribution in [0.5, 0.6) is 0 Å². The molecule has 0 aliphatic carbocycles. The molecule has 0 unspecified atom stereocenters. The maximum absolute atomic E-state index is 13.0. The second kappa shape index (κ2) is 9.83. The molecule has 3 N–H and O–H groups in total. The third kappa shape index (κ3) is 5.42. The van der Waals surface area contributed by atoms with Gasteiger partial charge >= 0.3 is 6.18 Å². The van der Waals surface area contributed by atoms with Crippen LogP contribution in [0.2, 0.25) is 0 Å². The minimum absolute atomic E-state index is 0.0199. The van der Waals surface area contributed by atoms with Crippen molar-refractivity contribution < 1.29 is 22.8 Å². The van der Waals surface area contributed by atoms with Gasteiger partial charge in [-0.3, -0.25) is 14.7 Å². The standard InChI is InChI=1S/C26H16BrF3N4O2S/c27-22-11-10-21(37-22)24(35)31-17-7-4-14(5-8-17)15-6-9-19-20(12-15)33-34-23(19)25(36)32-18-3-1-2-16(13-18)26(28,29)30/h1-13H,(H,31,35)(H,32,36)(H,33,34). The summed E-state index contributed by atoms with van der Waals surface area (Å²) in [4.78, 5) is 25.7. The summed E-state index contributed by atoms with van der Waals surface area (Å²) < 4.78 is 39.8. The summed E-state index contributed by atoms with van der Waals surface area (Å²) >= 11 is 4.69. The third-order valence-electron chi connectivity index (χ3n) is 5.50. The van der Waals surface area contributed by atoms with Gasteiger partial charge in [-0.05, 0) is 81.7 Å². The van der Waals surface area contributed by atoms with E-state index in [0.717, 1.165) is 27.0 Å². The molecular weight excluding hydrogens is 569 g/mol. The fourth-order valence-corrected chi connectivity index (χ4v) is 4.99. The maximum atomic E-state index is 13.0. The molecule has 37 heavy (non-hydrogen) atoms. The van der Waals surface area contributed by atoms with E-state index >= 15 is 0 Å². The number of rotatable bonds is 5. The minimum atomic E-state index is -4.51. The molecule has 0 aliphatic rings. The van der Waals surface area contributed by atoms with Crippen LogP contribution in [0.25, 0.3) is 22.0 Å². The van der Waals surface area contributed by atoms with Gasteiger partial charge in [0.15, 0.2) is 5.69 Å². The molecule has 186 valence electrons. The third-order valence-corrected chi connectivity index (χ3v) is 7.12. The Balaban J connectivity index is 1.31. The molecule has 5 aromatic rings. The molecule has 0 atom stereocenters. The zero-order valence-electron chi connectivity index (χ0n) is 18.7. The smallest absolute Gasteiger partial charge is 0.321 e. The van der Waals surface area contributed by atoms with Gasteiger partial charge in [0.05, 0.1) is 19.7 Å². The summed E-state index contributed by atoms with van der Waals surface area (Å²) in [5, 5.41) is 12.7. The largest absolute Gasteiger partial charge is 0.416 e. The molecule has 0 saturated heterocycles. The van der Waals surface area contributed by atoms with Gasteiger partial charge in [-0.1, -0.05) is 24.3 Å². The highest BCUT2D eigenvalue weighted by Gasteiger charge is 2.30. The van der Waals surface area contributed by atoms with Crippen LogP contribution in [0.1, 0.15) is 25.7 Å². The lowest BCUT2D eigenvalue weighted by Crippen LogP contribution is -2.14. The zero-order chi connectivity index (χ0) is 26.2. The number of H-pyrrole nitrogens is 1. The van der Waals surface area contributed by atoms with Gasteiger partial charge in [-0.15, -0.1) is 11.3 Å². The Labute approximate surface area is 220 Å². The lowest BCUT2D eigenvalue weighted by molar-refractivity contribution is -0.137. The Morgan fingerprint density at radius 3 is 2.27 bits per heavy atom. The lowest BCUT2D eigenvalue weighted by Gasteiger charge is -2.09. The Bertz CT molecular complexity index is 1630. The van der Waals surface area contributed by atoms with Gasteiger partial charge in [-0.2, -0.15) is 18.3 Å². The Hall–Kier alpha value is -3.96. The molecule has 0 radical (unpaired) electrons. The predicted molar refractivity (Wildman–Crippen MR) is 141 cm³/mol. The van der Waals surface area contributed by atoms with E-state index in [1.54, 1.807) is 24.3 Å². The van der Waals surface area contributed by atoms with Crippen molar-refractivity contribution in [2.45, 2.75) is 6.18 Å². The number of aromatic nitrogens is 2. The van der Waals surface area contributed by atoms with E-state index in [1.807, 2.05) is 30.3 Å². The van der Waals surface area contributed by atoms with Crippen LogP contribution in [-0.4, -0.2) is 22.0 Å². The molecule has 6 nitrogen and oxygen atoms in total. The average molecular weight is 585 g/mol. The number of benzene rings is 3. The molecule has 0 saturated carbocycles. The molecule has 0 bridgehead atoms. The first kappa shape index (κ1) is 24.7. The second-order valence-corrected chi connectivity index (χ2v) is 10.5. The van der Waals surface area contributed by atoms with E-state index < -0.39 is 17.6 Å². The van der Waals surface area contributed by atoms with Gasteiger partial charge in [0.2, 0.25) is 0 Å². The van der Waals surface area contributed by atoms with E-state index in [-0.39, 0.29) is 17.3 Å². The van der Waals surface area contributed by atoms with Crippen molar-refractivity contribution >= 4 is 61.4 Å². The zero-order valence-corrected chi connectivity index (χ0v) is 21.1. The lowest BCUT2D eigenvalue weighted by atomic mass is 10.0. The maximum Gasteiger partial charge on any atom is 0.416 e. The molecule has 0 fully saturated rings. The second-order valence-electron chi connectivity index (χ2n) is 8.00. The fourth-order valence-electron chi connectivity index (χ4n) is 3.71. The average Bonchev–Trinajstić information content (AvgIpc) is 3.50. The number of fused-ring (bicyclic) bond motifs is 1. The number of carbonyl (C=O) groups is 2. The molecular formula is C26H16BrF3N4O2S. The monoisotopic (exact) mass is 584 g/mol. The van der Waals surface area contributed by atoms with Crippen molar-refractivity contribution in [2.24, 2.45) is 0 Å². The predicted octanol–water partition coefficient (Wildman–Crippen LogP) is 7.58. The number of carbonyl (C=O) groups excluding carboxylic acids is 2. The van der Waals surface area contributed by atoms with E-state index in [1.165, 1.54) is 23.5 Å². The number of hydrogen-bond acceptors (Lipinski definition) is 4. The van der Waals surface area contributed by atoms with E-state index in [2.05, 4.69) is 36.8 Å². The molecule has 2 amide bonds. The van der Waals surface area contributed by atoms with Crippen LogP contribution in [0.15, 0.2) is 82.6 Å². The highest BCUT2D eigenvalue weighted by molar-refractivity contribution is 9.11. The topological polar surface area (TPSA) is 86.9 Å². The fraction of sp³-hybridized carbons (Fsp3) is 0.0385. The first-order valence-electron chi connectivity index (χ1n) is 10.8. The molecule has 0 aliphatic heterocycles. The van der Waals surface area contributed by atoms with Crippen LogP contribution >= 0.6 is 27.3 Å². The van der Waals surface area contributed by atoms with Gasteiger partial charge in [-0.25, -0.2) is 0 Å². The highest BCUT2D eigenvalue weighted by atomic mass is 79.9. The van der Waals surface area contributed by atoms with E-state index in [9.17, 15) is 22.8 Å². The number of hydrogen-bond donors (Lipinski definition) is 3. The van der Waals surface area contributed by atoms with Crippen LogP contribution in [-0.2, 0) is 6.18 Å². The number of nitrogens with zero attached hydrogens (tertiary/aromatic N) is 1. The summed E-state index contributed by atoms with van der Waals surface area (Å²) in [7, 11) is 0. The van der Waals surface area contributed by atoms with Crippen molar-refractivity contribution in [2.75, 3.05) is 10.6 Å². The van der Waals surface area contributed by atoms with Crippen LogP contribution in [0.3, 0.4) is 0 Å². The van der Waals surface area contributed by atoms with Crippen molar-refractivity contribution in [3.63, 3.8) is 0 Å². The van der Waals surface area contributed by atoms with Crippen LogP contribution < -0.4 is 10.6 Å². The first-order chi connectivity index (χ1) is 17.7. The number of aromatic amines is 1. The summed E-state index contributed by atoms with van der Waals surface area (Å²) in [5.74, 6) is -0.825. The van der Waals surface area contributed by atoms with Crippen molar-refractivity contribution in [1.29, 1.82) is 0 Å². The SMILES string of the molecule is O=C(Nc1ccc(-c2ccc3c(C(=O)Nc4cccc(C(F)(F)F)c4)n[nH]c3c2)cc1)c1ccc(Br)s1. The summed E-state index contributed by atoms with van der Waals surface area (Å²) in [6, 6.07) is 20.6. The number of halogens is 4. The minimum Gasteiger partial charge on any atom is -0.321 e. The van der Waals surface area contributed by atoms with E-state index in [0.29, 0.717) is 21.5 Å². The Kier molecular flexibility index (Phi) is 6.57. The molecule has 5 rings (SSSR count). The number of anilines is 2. The normalized spacial score (nSPS) is 11.5. The van der Waals surface area contributed by atoms with Gasteiger partial charge < -0.3 is 10.6 Å². The number of amides is 2. The molecule has 2 aromatic heterocycles. The highest BCUT2D eigenvalue weighted by Crippen LogP contribution is 2.31. The van der Waals surface area contributed by atoms with Crippen LogP contribution in [0, 0.1) is 0 Å². The van der Waals surface area contributed by atoms with Crippen LogP contribution in [0.4, 0.5) is 24.5 Å². The van der Waals surface area contributed by atoms with Gasteiger partial charge in [0.1, 0.15) is 0 Å². The number of alkyl halides is 3. The number of thiophene rings is 1. The quantitative estimate of drug-likeness (QED) is 0.199. The Morgan fingerprint density at radius 2 is 1.57 bits per heavy atom. The van der Waals surface area contributed by atoms with Gasteiger partial charge in [0, 0.05) is 16.8 Å². The van der Waals surface area contributed by atoms with Crippen molar-refractivity contribution in [3.05, 3.63) is 98.8 Å². The Morgan fingerprint density at radius 1 is 0.838 bits per heavy atom. The van der Waals surface area contributed by atoms with E-state index in [4.69, 9.17) is 0 Å². The molecule has 3 aromatic carbocycles. The van der Waals surface area contributed by atoms with Gasteiger partial charge in [0.25, 0.3) is 11.8 Å². The van der Waals surface area contributed by atoms with Crippen molar-refractivity contribution in [3.8, 4) is 11.1 Å². The number of nitrogens with one attached hydrogen (secondary N) is 3.